The number of benzene rings is 1. The molecule has 2 amide bonds. The van der Waals surface area contributed by atoms with E-state index in [-0.39, 0.29) is 0 Å². The van der Waals surface area contributed by atoms with E-state index in [9.17, 15) is 9.59 Å². The van der Waals surface area contributed by atoms with Crippen molar-refractivity contribution >= 4 is 11.8 Å². The second-order valence-electron chi connectivity index (χ2n) is 6.13. The lowest BCUT2D eigenvalue weighted by atomic mass is 10.1. The van der Waals surface area contributed by atoms with E-state index in [0.717, 1.165) is 0 Å². The summed E-state index contributed by atoms with van der Waals surface area (Å²) in [4.78, 5) is 21.2. The molecule has 0 aliphatic carbocycles. The van der Waals surface area contributed by atoms with Gasteiger partial charge in [-0.3, -0.25) is 9.59 Å². The lowest BCUT2D eigenvalue weighted by Crippen LogP contribution is -2.13. The van der Waals surface area contributed by atoms with Crippen molar-refractivity contribution in [3.63, 3.8) is 0 Å². The highest BCUT2D eigenvalue weighted by Crippen LogP contribution is 2.09. The molecule has 1 aromatic carbocycles. The minimum Gasteiger partial charge on any atom is -0.366 e. The summed E-state index contributed by atoms with van der Waals surface area (Å²) in [5.41, 5.74) is 10.7. The summed E-state index contributed by atoms with van der Waals surface area (Å²) in [7, 11) is 0. The zero-order chi connectivity index (χ0) is 18.2. The number of hydrogen-bond acceptors (Lipinski definition) is 2. The summed E-state index contributed by atoms with van der Waals surface area (Å²) in [6, 6.07) is 5.84. The minimum absolute atomic E-state index is 0.361. The quantitative estimate of drug-likeness (QED) is 0.569. The van der Waals surface area contributed by atoms with Crippen LogP contribution in [0, 0.1) is 0 Å². The van der Waals surface area contributed by atoms with Crippen LogP contribution in [0.3, 0.4) is 0 Å². The SMILES string of the molecule is CCCCCCCCCCCC.NC(=O)c1ccc(C(N)=O)cc1. The summed E-state index contributed by atoms with van der Waals surface area (Å²) in [5.74, 6) is -1.04. The van der Waals surface area contributed by atoms with Gasteiger partial charge in [-0.2, -0.15) is 0 Å². The lowest BCUT2D eigenvalue weighted by molar-refractivity contribution is 0.0988. The number of carbonyl (C=O) groups is 2. The van der Waals surface area contributed by atoms with Gasteiger partial charge in [0.1, 0.15) is 0 Å². The Morgan fingerprint density at radius 3 is 1.08 bits per heavy atom. The van der Waals surface area contributed by atoms with E-state index >= 15 is 0 Å². The van der Waals surface area contributed by atoms with Crippen LogP contribution in [-0.2, 0) is 0 Å². The molecule has 0 spiro atoms. The Morgan fingerprint density at radius 1 is 0.625 bits per heavy atom. The minimum atomic E-state index is -0.522. The zero-order valence-electron chi connectivity index (χ0n) is 15.4. The van der Waals surface area contributed by atoms with E-state index in [1.54, 1.807) is 0 Å². The summed E-state index contributed by atoms with van der Waals surface area (Å²) >= 11 is 0. The van der Waals surface area contributed by atoms with Crippen molar-refractivity contribution in [2.24, 2.45) is 11.5 Å². The monoisotopic (exact) mass is 334 g/mol. The topological polar surface area (TPSA) is 86.2 Å². The molecule has 0 atom stereocenters. The first kappa shape index (κ1) is 22.2. The second-order valence-corrected chi connectivity index (χ2v) is 6.13. The predicted molar refractivity (Wildman–Crippen MR) is 101 cm³/mol. The molecular formula is C20H34N2O2. The molecular weight excluding hydrogens is 300 g/mol. The molecule has 0 unspecified atom stereocenters. The molecule has 4 N–H and O–H groups in total. The first-order valence-corrected chi connectivity index (χ1v) is 9.22. The van der Waals surface area contributed by atoms with Crippen molar-refractivity contribution in [2.75, 3.05) is 0 Å². The smallest absolute Gasteiger partial charge is 0.248 e. The van der Waals surface area contributed by atoms with Gasteiger partial charge in [0.25, 0.3) is 0 Å². The largest absolute Gasteiger partial charge is 0.366 e. The molecule has 0 aromatic heterocycles. The third kappa shape index (κ3) is 11.7. The molecule has 0 bridgehead atoms. The molecule has 0 aliphatic rings. The average molecular weight is 335 g/mol. The highest BCUT2D eigenvalue weighted by Gasteiger charge is 2.02. The Kier molecular flexibility index (Phi) is 13.6. The van der Waals surface area contributed by atoms with Gasteiger partial charge in [-0.15, -0.1) is 0 Å². The third-order valence-electron chi connectivity index (χ3n) is 3.91. The molecule has 136 valence electrons. The van der Waals surface area contributed by atoms with Gasteiger partial charge < -0.3 is 11.5 Å². The van der Waals surface area contributed by atoms with Crippen LogP contribution in [0.4, 0.5) is 0 Å². The number of hydrogen-bond donors (Lipinski definition) is 2. The molecule has 4 nitrogen and oxygen atoms in total. The molecule has 0 saturated carbocycles. The van der Waals surface area contributed by atoms with E-state index in [2.05, 4.69) is 13.8 Å². The Balaban J connectivity index is 0.000000441. The van der Waals surface area contributed by atoms with Crippen molar-refractivity contribution in [2.45, 2.75) is 78.1 Å². The van der Waals surface area contributed by atoms with Gasteiger partial charge in [-0.05, 0) is 24.3 Å². The van der Waals surface area contributed by atoms with Crippen LogP contribution < -0.4 is 11.5 Å². The number of unbranched alkanes of at least 4 members (excludes halogenated alkanes) is 9. The van der Waals surface area contributed by atoms with E-state index in [0.29, 0.717) is 11.1 Å². The lowest BCUT2D eigenvalue weighted by Gasteiger charge is -1.99. The summed E-state index contributed by atoms with van der Waals surface area (Å²) < 4.78 is 0. The van der Waals surface area contributed by atoms with Crippen molar-refractivity contribution in [1.29, 1.82) is 0 Å². The Morgan fingerprint density at radius 2 is 0.875 bits per heavy atom. The molecule has 4 heteroatoms. The van der Waals surface area contributed by atoms with Crippen molar-refractivity contribution in [3.05, 3.63) is 35.4 Å². The predicted octanol–water partition coefficient (Wildman–Crippen LogP) is 4.81. The maximum absolute atomic E-state index is 10.6. The van der Waals surface area contributed by atoms with Gasteiger partial charge in [-0.25, -0.2) is 0 Å². The van der Waals surface area contributed by atoms with E-state index in [1.165, 1.54) is 88.5 Å². The van der Waals surface area contributed by atoms with Crippen molar-refractivity contribution < 1.29 is 9.59 Å². The van der Waals surface area contributed by atoms with Gasteiger partial charge in [0, 0.05) is 11.1 Å². The number of primary amides is 2. The normalized spacial score (nSPS) is 9.92. The molecule has 0 radical (unpaired) electrons. The van der Waals surface area contributed by atoms with Gasteiger partial charge in [0.05, 0.1) is 0 Å². The van der Waals surface area contributed by atoms with Crippen LogP contribution in [0.15, 0.2) is 24.3 Å². The van der Waals surface area contributed by atoms with Crippen LogP contribution in [0.2, 0.25) is 0 Å². The van der Waals surface area contributed by atoms with Gasteiger partial charge >= 0.3 is 0 Å². The van der Waals surface area contributed by atoms with E-state index in [1.807, 2.05) is 0 Å². The van der Waals surface area contributed by atoms with Crippen LogP contribution >= 0.6 is 0 Å². The van der Waals surface area contributed by atoms with E-state index < -0.39 is 11.8 Å². The molecule has 0 aliphatic heterocycles. The highest BCUT2D eigenvalue weighted by molar-refractivity contribution is 5.96. The van der Waals surface area contributed by atoms with Crippen LogP contribution in [0.5, 0.6) is 0 Å². The Bertz CT molecular complexity index is 412. The maximum Gasteiger partial charge on any atom is 0.248 e. The van der Waals surface area contributed by atoms with Crippen molar-refractivity contribution in [3.8, 4) is 0 Å². The summed E-state index contributed by atoms with van der Waals surface area (Å²) in [6.45, 7) is 4.56. The molecule has 24 heavy (non-hydrogen) atoms. The molecule has 1 rings (SSSR count). The van der Waals surface area contributed by atoms with Crippen LogP contribution in [-0.4, -0.2) is 11.8 Å². The second kappa shape index (κ2) is 14.7. The summed E-state index contributed by atoms with van der Waals surface area (Å²) in [6.07, 6.45) is 14.4. The molecule has 0 fully saturated rings. The average Bonchev–Trinajstić information content (AvgIpc) is 2.58. The van der Waals surface area contributed by atoms with Gasteiger partial charge in [0.15, 0.2) is 0 Å². The van der Waals surface area contributed by atoms with Crippen LogP contribution in [0.1, 0.15) is 98.8 Å². The van der Waals surface area contributed by atoms with Gasteiger partial charge in [0.2, 0.25) is 11.8 Å². The Hall–Kier alpha value is -1.84. The van der Waals surface area contributed by atoms with E-state index in [4.69, 9.17) is 11.5 Å². The molecule has 0 heterocycles. The Labute approximate surface area is 147 Å². The zero-order valence-corrected chi connectivity index (χ0v) is 15.4. The number of carbonyl (C=O) groups excluding carboxylic acids is 2. The fourth-order valence-corrected chi connectivity index (χ4v) is 2.36. The number of amides is 2. The van der Waals surface area contributed by atoms with Gasteiger partial charge in [-0.1, -0.05) is 78.1 Å². The first-order chi connectivity index (χ1) is 11.5. The number of nitrogens with two attached hydrogens (primary N) is 2. The maximum atomic E-state index is 10.6. The molecule has 0 saturated heterocycles. The standard InChI is InChI=1S/C12H26.C8H8N2O2/c1-3-5-7-9-11-12-10-8-6-4-2;9-7(11)5-1-2-6(4-3-5)8(10)12/h3-12H2,1-2H3;1-4H,(H2,9,11)(H2,10,12). The molecule has 1 aromatic rings. The first-order valence-electron chi connectivity index (χ1n) is 9.22. The summed E-state index contributed by atoms with van der Waals surface area (Å²) in [5, 5.41) is 0. The van der Waals surface area contributed by atoms with Crippen molar-refractivity contribution in [1.82, 2.24) is 0 Å². The fourth-order valence-electron chi connectivity index (χ4n) is 2.36. The van der Waals surface area contributed by atoms with Crippen LogP contribution in [0.25, 0.3) is 0 Å². The third-order valence-corrected chi connectivity index (χ3v) is 3.91. The fraction of sp³-hybridized carbons (Fsp3) is 0.600. The number of rotatable bonds is 11. The highest BCUT2D eigenvalue weighted by atomic mass is 16.1.